The second-order valence-electron chi connectivity index (χ2n) is 5.64. The molecule has 0 bridgehead atoms. The third-order valence-electron chi connectivity index (χ3n) is 3.84. The van der Waals surface area contributed by atoms with Gasteiger partial charge >= 0.3 is 5.97 Å². The van der Waals surface area contributed by atoms with Crippen LogP contribution in [0, 0.1) is 0 Å². The fourth-order valence-electron chi connectivity index (χ4n) is 2.65. The molecule has 2 heterocycles. The molecule has 7 nitrogen and oxygen atoms in total. The smallest absolute Gasteiger partial charge is 0.338 e. The molecule has 0 saturated carbocycles. The minimum absolute atomic E-state index is 0.0326. The molecule has 2 aromatic rings. The molecule has 1 aliphatic rings. The summed E-state index contributed by atoms with van der Waals surface area (Å²) in [5.41, 5.74) is 0.934. The maximum absolute atomic E-state index is 12.1. The Balaban J connectivity index is 1.59. The highest BCUT2D eigenvalue weighted by molar-refractivity contribution is 5.96. The van der Waals surface area contributed by atoms with Gasteiger partial charge in [-0.15, -0.1) is 0 Å². The number of carbonyl (C=O) groups excluding carboxylic acids is 2. The minimum Gasteiger partial charge on any atom is -0.478 e. The van der Waals surface area contributed by atoms with Crippen molar-refractivity contribution in [3.05, 3.63) is 59.5 Å². The molecule has 24 heavy (non-hydrogen) atoms. The van der Waals surface area contributed by atoms with Crippen LogP contribution in [0.15, 0.2) is 47.1 Å². The average Bonchev–Trinajstić information content (AvgIpc) is 3.16. The lowest BCUT2D eigenvalue weighted by Crippen LogP contribution is -2.36. The van der Waals surface area contributed by atoms with E-state index in [1.54, 1.807) is 4.90 Å². The van der Waals surface area contributed by atoms with E-state index in [-0.39, 0.29) is 29.7 Å². The Hall–Kier alpha value is -3.09. The highest BCUT2D eigenvalue weighted by atomic mass is 16.4. The Kier molecular flexibility index (Phi) is 4.33. The number of likely N-dealkylation sites (tertiary alicyclic amines) is 1. The highest BCUT2D eigenvalue weighted by Crippen LogP contribution is 2.16. The lowest BCUT2D eigenvalue weighted by Gasteiger charge is -2.17. The quantitative estimate of drug-likeness (QED) is 0.866. The Morgan fingerprint density at radius 3 is 2.71 bits per heavy atom. The fraction of sp³-hybridized carbons (Fsp3) is 0.235. The van der Waals surface area contributed by atoms with Crippen molar-refractivity contribution in [2.24, 2.45) is 0 Å². The molecule has 7 heteroatoms. The van der Waals surface area contributed by atoms with E-state index in [1.807, 2.05) is 30.3 Å². The number of carbonyl (C=O) groups is 3. The third kappa shape index (κ3) is 3.45. The predicted octanol–water partition coefficient (Wildman–Crippen LogP) is 1.51. The molecular weight excluding hydrogens is 312 g/mol. The second kappa shape index (κ2) is 6.57. The number of hydrogen-bond donors (Lipinski definition) is 2. The SMILES string of the molecule is O=C(O)c1coc(C(=O)NC2CC(=O)N(Cc3ccccc3)C2)c1. The van der Waals surface area contributed by atoms with Gasteiger partial charge in [-0.3, -0.25) is 9.59 Å². The van der Waals surface area contributed by atoms with Crippen LogP contribution >= 0.6 is 0 Å². The van der Waals surface area contributed by atoms with Gasteiger partial charge in [-0.05, 0) is 5.56 Å². The number of furan rings is 1. The minimum atomic E-state index is -1.16. The number of carboxylic acids is 1. The lowest BCUT2D eigenvalue weighted by atomic mass is 10.2. The summed E-state index contributed by atoms with van der Waals surface area (Å²) in [6, 6.07) is 10.4. The number of hydrogen-bond acceptors (Lipinski definition) is 4. The first kappa shape index (κ1) is 15.8. The first-order chi connectivity index (χ1) is 11.5. The number of rotatable bonds is 5. The fourth-order valence-corrected chi connectivity index (χ4v) is 2.65. The number of amides is 2. The van der Waals surface area contributed by atoms with Gasteiger partial charge in [0.1, 0.15) is 6.26 Å². The summed E-state index contributed by atoms with van der Waals surface area (Å²) in [4.78, 5) is 36.6. The van der Waals surface area contributed by atoms with Gasteiger partial charge in [0.25, 0.3) is 5.91 Å². The van der Waals surface area contributed by atoms with Crippen molar-refractivity contribution in [3.8, 4) is 0 Å². The van der Waals surface area contributed by atoms with Crippen LogP contribution in [0.2, 0.25) is 0 Å². The van der Waals surface area contributed by atoms with E-state index in [0.717, 1.165) is 17.9 Å². The van der Waals surface area contributed by atoms with Crippen molar-refractivity contribution in [2.75, 3.05) is 6.54 Å². The number of carboxylic acid groups (broad SMARTS) is 1. The van der Waals surface area contributed by atoms with Crippen molar-refractivity contribution >= 4 is 17.8 Å². The standard InChI is InChI=1S/C17H16N2O5/c20-15-7-13(9-19(15)8-11-4-2-1-3-5-11)18-16(21)14-6-12(10-24-14)17(22)23/h1-6,10,13H,7-9H2,(H,18,21)(H,22,23). The van der Waals surface area contributed by atoms with Crippen molar-refractivity contribution in [3.63, 3.8) is 0 Å². The molecular formula is C17H16N2O5. The van der Waals surface area contributed by atoms with Crippen LogP contribution in [-0.4, -0.2) is 40.4 Å². The number of nitrogens with one attached hydrogen (secondary N) is 1. The Bertz CT molecular complexity index is 768. The number of nitrogens with zero attached hydrogens (tertiary/aromatic N) is 1. The zero-order valence-electron chi connectivity index (χ0n) is 12.8. The van der Waals surface area contributed by atoms with E-state index < -0.39 is 11.9 Å². The van der Waals surface area contributed by atoms with Crippen LogP contribution in [0.25, 0.3) is 0 Å². The lowest BCUT2D eigenvalue weighted by molar-refractivity contribution is -0.128. The number of aromatic carboxylic acids is 1. The summed E-state index contributed by atoms with van der Waals surface area (Å²) in [5.74, 6) is -1.80. The molecule has 1 fully saturated rings. The largest absolute Gasteiger partial charge is 0.478 e. The van der Waals surface area contributed by atoms with Crippen LogP contribution in [0.3, 0.4) is 0 Å². The van der Waals surface area contributed by atoms with E-state index >= 15 is 0 Å². The van der Waals surface area contributed by atoms with Gasteiger partial charge in [0.05, 0.1) is 11.6 Å². The summed E-state index contributed by atoms with van der Waals surface area (Å²) in [6.07, 6.45) is 1.23. The molecule has 0 aliphatic carbocycles. The van der Waals surface area contributed by atoms with Gasteiger partial charge < -0.3 is 19.7 Å². The zero-order valence-corrected chi connectivity index (χ0v) is 12.8. The molecule has 124 valence electrons. The van der Waals surface area contributed by atoms with Gasteiger partial charge in [0, 0.05) is 25.6 Å². The monoisotopic (exact) mass is 328 g/mol. The number of benzene rings is 1. The van der Waals surface area contributed by atoms with Crippen molar-refractivity contribution in [1.29, 1.82) is 0 Å². The first-order valence-electron chi connectivity index (χ1n) is 7.47. The Labute approximate surface area is 137 Å². The zero-order chi connectivity index (χ0) is 17.1. The van der Waals surface area contributed by atoms with Crippen molar-refractivity contribution in [1.82, 2.24) is 10.2 Å². The van der Waals surface area contributed by atoms with Crippen molar-refractivity contribution in [2.45, 2.75) is 19.0 Å². The summed E-state index contributed by atoms with van der Waals surface area (Å²) in [5, 5.41) is 11.5. The van der Waals surface area contributed by atoms with Crippen LogP contribution < -0.4 is 5.32 Å². The summed E-state index contributed by atoms with van der Waals surface area (Å²) in [7, 11) is 0. The highest BCUT2D eigenvalue weighted by Gasteiger charge is 2.31. The first-order valence-corrected chi connectivity index (χ1v) is 7.47. The van der Waals surface area contributed by atoms with Crippen LogP contribution in [-0.2, 0) is 11.3 Å². The summed E-state index contributed by atoms with van der Waals surface area (Å²) < 4.78 is 4.96. The van der Waals surface area contributed by atoms with Gasteiger partial charge in [0.2, 0.25) is 5.91 Å². The average molecular weight is 328 g/mol. The molecule has 2 amide bonds. The molecule has 0 spiro atoms. The molecule has 1 atom stereocenters. The van der Waals surface area contributed by atoms with Gasteiger partial charge in [-0.2, -0.15) is 0 Å². The second-order valence-corrected chi connectivity index (χ2v) is 5.64. The molecule has 0 radical (unpaired) electrons. The topological polar surface area (TPSA) is 99.8 Å². The summed E-state index contributed by atoms with van der Waals surface area (Å²) >= 11 is 0. The van der Waals surface area contributed by atoms with E-state index in [1.165, 1.54) is 0 Å². The maximum Gasteiger partial charge on any atom is 0.338 e. The predicted molar refractivity (Wildman–Crippen MR) is 83.4 cm³/mol. The van der Waals surface area contributed by atoms with Crippen LogP contribution in [0.5, 0.6) is 0 Å². The molecule has 1 unspecified atom stereocenters. The van der Waals surface area contributed by atoms with E-state index in [4.69, 9.17) is 9.52 Å². The van der Waals surface area contributed by atoms with E-state index in [0.29, 0.717) is 13.1 Å². The molecule has 1 saturated heterocycles. The molecule has 1 aromatic heterocycles. The van der Waals surface area contributed by atoms with Crippen LogP contribution in [0.1, 0.15) is 32.9 Å². The Morgan fingerprint density at radius 1 is 1.29 bits per heavy atom. The van der Waals surface area contributed by atoms with Gasteiger partial charge in [-0.1, -0.05) is 30.3 Å². The normalized spacial score (nSPS) is 17.1. The molecule has 2 N–H and O–H groups in total. The van der Waals surface area contributed by atoms with E-state index in [2.05, 4.69) is 5.32 Å². The van der Waals surface area contributed by atoms with Crippen LogP contribution in [0.4, 0.5) is 0 Å². The molecule has 3 rings (SSSR count). The molecule has 1 aliphatic heterocycles. The van der Waals surface area contributed by atoms with Gasteiger partial charge in [-0.25, -0.2) is 4.79 Å². The molecule has 1 aromatic carbocycles. The summed E-state index contributed by atoms with van der Waals surface area (Å²) in [6.45, 7) is 0.905. The van der Waals surface area contributed by atoms with Gasteiger partial charge in [0.15, 0.2) is 5.76 Å². The van der Waals surface area contributed by atoms with Crippen molar-refractivity contribution < 1.29 is 23.9 Å². The Morgan fingerprint density at radius 2 is 2.04 bits per heavy atom. The third-order valence-corrected chi connectivity index (χ3v) is 3.84. The van der Waals surface area contributed by atoms with E-state index in [9.17, 15) is 14.4 Å². The maximum atomic E-state index is 12.1.